The summed E-state index contributed by atoms with van der Waals surface area (Å²) >= 11 is 3.20. The summed E-state index contributed by atoms with van der Waals surface area (Å²) in [4.78, 5) is 3.95. The molecule has 2 aromatic rings. The fourth-order valence-electron chi connectivity index (χ4n) is 1.58. The largest absolute Gasteiger partial charge is 0.269 e. The molecule has 0 atom stereocenters. The van der Waals surface area contributed by atoms with Gasteiger partial charge in [0.1, 0.15) is 4.90 Å². The third-order valence-corrected chi connectivity index (χ3v) is 4.88. The molecule has 7 heteroatoms. The van der Waals surface area contributed by atoms with Crippen molar-refractivity contribution in [3.05, 3.63) is 52.8 Å². The number of sulfonamides is 1. The minimum absolute atomic E-state index is 0.0961. The molecule has 0 aliphatic rings. The van der Waals surface area contributed by atoms with E-state index in [1.807, 2.05) is 6.07 Å². The van der Waals surface area contributed by atoms with E-state index in [0.29, 0.717) is 15.7 Å². The van der Waals surface area contributed by atoms with Crippen LogP contribution in [0, 0.1) is 11.3 Å². The van der Waals surface area contributed by atoms with Crippen molar-refractivity contribution in [2.45, 2.75) is 4.90 Å². The number of hydrogen-bond acceptors (Lipinski definition) is 4. The SMILES string of the molecule is CN(c1ccc(C#N)cc1)S(=O)(=O)c1cncc(Br)c1. The lowest BCUT2D eigenvalue weighted by molar-refractivity contribution is 0.594. The molecule has 0 unspecified atom stereocenters. The topological polar surface area (TPSA) is 74.1 Å². The van der Waals surface area contributed by atoms with Crippen LogP contribution in [0.3, 0.4) is 0 Å². The first-order valence-electron chi connectivity index (χ1n) is 5.55. The van der Waals surface area contributed by atoms with Crippen LogP contribution in [0.1, 0.15) is 5.56 Å². The maximum Gasteiger partial charge on any atom is 0.265 e. The summed E-state index contributed by atoms with van der Waals surface area (Å²) in [6, 6.07) is 9.78. The van der Waals surface area contributed by atoms with Crippen molar-refractivity contribution in [1.82, 2.24) is 4.98 Å². The number of pyridine rings is 1. The zero-order valence-corrected chi connectivity index (χ0v) is 12.9. The summed E-state index contributed by atoms with van der Waals surface area (Å²) in [6.45, 7) is 0. The Kier molecular flexibility index (Phi) is 4.06. The highest BCUT2D eigenvalue weighted by Crippen LogP contribution is 2.23. The molecule has 0 aliphatic heterocycles. The number of anilines is 1. The molecule has 1 aromatic heterocycles. The van der Waals surface area contributed by atoms with E-state index in [1.165, 1.54) is 25.5 Å². The average molecular weight is 352 g/mol. The van der Waals surface area contributed by atoms with Crippen LogP contribution < -0.4 is 4.31 Å². The Bertz CT molecular complexity index is 767. The molecule has 0 fully saturated rings. The van der Waals surface area contributed by atoms with E-state index in [-0.39, 0.29) is 4.90 Å². The van der Waals surface area contributed by atoms with Gasteiger partial charge < -0.3 is 0 Å². The van der Waals surface area contributed by atoms with Crippen molar-refractivity contribution in [3.63, 3.8) is 0 Å². The van der Waals surface area contributed by atoms with E-state index >= 15 is 0 Å². The molecule has 0 saturated heterocycles. The molecule has 0 bridgehead atoms. The summed E-state index contributed by atoms with van der Waals surface area (Å²) in [5.74, 6) is 0. The van der Waals surface area contributed by atoms with Crippen molar-refractivity contribution in [1.29, 1.82) is 5.26 Å². The molecule has 0 radical (unpaired) electrons. The third-order valence-electron chi connectivity index (χ3n) is 2.70. The van der Waals surface area contributed by atoms with Crippen LogP contribution in [-0.4, -0.2) is 20.4 Å². The fourth-order valence-corrected chi connectivity index (χ4v) is 3.28. The van der Waals surface area contributed by atoms with Gasteiger partial charge in [-0.2, -0.15) is 5.26 Å². The number of halogens is 1. The van der Waals surface area contributed by atoms with E-state index in [0.717, 1.165) is 4.31 Å². The Morgan fingerprint density at radius 3 is 2.45 bits per heavy atom. The van der Waals surface area contributed by atoms with Gasteiger partial charge in [-0.15, -0.1) is 0 Å². The number of benzene rings is 1. The van der Waals surface area contributed by atoms with Crippen molar-refractivity contribution in [2.24, 2.45) is 0 Å². The summed E-state index contributed by atoms with van der Waals surface area (Å²) in [6.07, 6.45) is 2.81. The van der Waals surface area contributed by atoms with Gasteiger partial charge in [0.15, 0.2) is 0 Å². The molecule has 5 nitrogen and oxygen atoms in total. The first-order chi connectivity index (χ1) is 9.45. The van der Waals surface area contributed by atoms with Crippen molar-refractivity contribution in [2.75, 3.05) is 11.4 Å². The van der Waals surface area contributed by atoms with Crippen molar-refractivity contribution in [3.8, 4) is 6.07 Å². The lowest BCUT2D eigenvalue weighted by atomic mass is 10.2. The quantitative estimate of drug-likeness (QED) is 0.851. The molecule has 20 heavy (non-hydrogen) atoms. The van der Waals surface area contributed by atoms with Crippen molar-refractivity contribution < 1.29 is 8.42 Å². The standard InChI is InChI=1S/C13H10BrN3O2S/c1-17(12-4-2-10(7-15)3-5-12)20(18,19)13-6-11(14)8-16-9-13/h2-6,8-9H,1H3. The van der Waals surface area contributed by atoms with Gasteiger partial charge in [-0.25, -0.2) is 8.42 Å². The Morgan fingerprint density at radius 1 is 1.25 bits per heavy atom. The van der Waals surface area contributed by atoms with E-state index < -0.39 is 10.0 Å². The average Bonchev–Trinajstić information content (AvgIpc) is 2.46. The number of aromatic nitrogens is 1. The predicted molar refractivity (Wildman–Crippen MR) is 78.7 cm³/mol. The fraction of sp³-hybridized carbons (Fsp3) is 0.0769. The highest BCUT2D eigenvalue weighted by atomic mass is 79.9. The summed E-state index contributed by atoms with van der Waals surface area (Å²) in [5.41, 5.74) is 0.952. The van der Waals surface area contributed by atoms with Gasteiger partial charge in [-0.1, -0.05) is 0 Å². The second-order valence-electron chi connectivity index (χ2n) is 3.97. The second-order valence-corrected chi connectivity index (χ2v) is 6.86. The van der Waals surface area contributed by atoms with Gasteiger partial charge >= 0.3 is 0 Å². The third kappa shape index (κ3) is 2.81. The highest BCUT2D eigenvalue weighted by Gasteiger charge is 2.21. The first-order valence-corrected chi connectivity index (χ1v) is 7.78. The molecule has 2 rings (SSSR count). The second kappa shape index (κ2) is 5.61. The minimum atomic E-state index is -3.68. The lowest BCUT2D eigenvalue weighted by Crippen LogP contribution is -2.26. The molecule has 1 heterocycles. The Balaban J connectivity index is 2.40. The van der Waals surface area contributed by atoms with Gasteiger partial charge in [0.2, 0.25) is 0 Å². The lowest BCUT2D eigenvalue weighted by Gasteiger charge is -2.19. The molecular weight excluding hydrogens is 342 g/mol. The van der Waals surface area contributed by atoms with Gasteiger partial charge in [0.25, 0.3) is 10.0 Å². The maximum atomic E-state index is 12.4. The minimum Gasteiger partial charge on any atom is -0.269 e. The van der Waals surface area contributed by atoms with Crippen LogP contribution in [0.5, 0.6) is 0 Å². The van der Waals surface area contributed by atoms with Crippen LogP contribution in [-0.2, 0) is 10.0 Å². The van der Waals surface area contributed by atoms with Crippen LogP contribution in [0.15, 0.2) is 52.1 Å². The Morgan fingerprint density at radius 2 is 1.90 bits per heavy atom. The highest BCUT2D eigenvalue weighted by molar-refractivity contribution is 9.10. The van der Waals surface area contributed by atoms with Gasteiger partial charge in [0, 0.05) is 23.9 Å². The maximum absolute atomic E-state index is 12.4. The first kappa shape index (κ1) is 14.5. The number of nitrogens with zero attached hydrogens (tertiary/aromatic N) is 3. The summed E-state index contributed by atoms with van der Waals surface area (Å²) < 4.78 is 26.6. The predicted octanol–water partition coefficient (Wildman–Crippen LogP) is 2.54. The molecular formula is C13H10BrN3O2S. The van der Waals surface area contributed by atoms with E-state index in [1.54, 1.807) is 24.3 Å². The molecule has 0 aliphatic carbocycles. The molecule has 0 spiro atoms. The normalized spacial score (nSPS) is 10.8. The van der Waals surface area contributed by atoms with E-state index in [2.05, 4.69) is 20.9 Å². The number of nitriles is 1. The Hall–Kier alpha value is -1.91. The zero-order chi connectivity index (χ0) is 14.8. The van der Waals surface area contributed by atoms with Crippen LogP contribution >= 0.6 is 15.9 Å². The van der Waals surface area contributed by atoms with E-state index in [4.69, 9.17) is 5.26 Å². The summed E-state index contributed by atoms with van der Waals surface area (Å²) in [5, 5.41) is 8.74. The zero-order valence-electron chi connectivity index (χ0n) is 10.5. The van der Waals surface area contributed by atoms with Crippen LogP contribution in [0.4, 0.5) is 5.69 Å². The summed E-state index contributed by atoms with van der Waals surface area (Å²) in [7, 11) is -2.22. The van der Waals surface area contributed by atoms with Crippen molar-refractivity contribution >= 4 is 31.6 Å². The van der Waals surface area contributed by atoms with Gasteiger partial charge in [-0.3, -0.25) is 9.29 Å². The molecule has 1 aromatic carbocycles. The van der Waals surface area contributed by atoms with Gasteiger partial charge in [0.05, 0.1) is 17.3 Å². The molecule has 0 N–H and O–H groups in total. The molecule has 0 saturated carbocycles. The molecule has 0 amide bonds. The monoisotopic (exact) mass is 351 g/mol. The Labute approximate surface area is 125 Å². The van der Waals surface area contributed by atoms with Gasteiger partial charge in [-0.05, 0) is 46.3 Å². The smallest absolute Gasteiger partial charge is 0.265 e. The number of hydrogen-bond donors (Lipinski definition) is 0. The molecule has 102 valence electrons. The number of rotatable bonds is 3. The van der Waals surface area contributed by atoms with Crippen LogP contribution in [0.25, 0.3) is 0 Å². The van der Waals surface area contributed by atoms with Crippen LogP contribution in [0.2, 0.25) is 0 Å². The van der Waals surface area contributed by atoms with E-state index in [9.17, 15) is 8.42 Å².